The summed E-state index contributed by atoms with van der Waals surface area (Å²) in [5.41, 5.74) is 0. The molecule has 2 fully saturated rings. The predicted octanol–water partition coefficient (Wildman–Crippen LogP) is 1.08. The van der Waals surface area contributed by atoms with Crippen molar-refractivity contribution in [2.24, 2.45) is 5.92 Å². The highest BCUT2D eigenvalue weighted by Crippen LogP contribution is 2.35. The summed E-state index contributed by atoms with van der Waals surface area (Å²) in [4.78, 5) is 2.68. The number of hydrogen-bond acceptors (Lipinski definition) is 2. The van der Waals surface area contributed by atoms with Gasteiger partial charge in [-0.1, -0.05) is 13.8 Å². The molecule has 70 valence electrons. The summed E-state index contributed by atoms with van der Waals surface area (Å²) >= 11 is 0. The summed E-state index contributed by atoms with van der Waals surface area (Å²) in [5, 5.41) is 3.55. The third-order valence-corrected chi connectivity index (χ3v) is 3.32. The molecule has 0 spiro atoms. The maximum atomic E-state index is 3.55. The minimum absolute atomic E-state index is 0.756. The molecule has 1 saturated carbocycles. The zero-order valence-electron chi connectivity index (χ0n) is 8.21. The van der Waals surface area contributed by atoms with Crippen molar-refractivity contribution in [3.8, 4) is 0 Å². The first-order chi connectivity index (χ1) is 5.81. The molecule has 1 aliphatic heterocycles. The van der Waals surface area contributed by atoms with Crippen molar-refractivity contribution in [1.82, 2.24) is 10.2 Å². The van der Waals surface area contributed by atoms with Gasteiger partial charge in [-0.2, -0.15) is 0 Å². The molecule has 2 nitrogen and oxygen atoms in total. The van der Waals surface area contributed by atoms with Gasteiger partial charge >= 0.3 is 0 Å². The average Bonchev–Trinajstić information content (AvgIpc) is 2.83. The van der Waals surface area contributed by atoms with Crippen LogP contribution in [0, 0.1) is 5.92 Å². The molecule has 0 aromatic carbocycles. The quantitative estimate of drug-likeness (QED) is 0.663. The van der Waals surface area contributed by atoms with Gasteiger partial charge in [0, 0.05) is 31.7 Å². The van der Waals surface area contributed by atoms with E-state index in [2.05, 4.69) is 24.1 Å². The SMILES string of the molecule is CCC1CN(C2CC2C)CCN1. The highest BCUT2D eigenvalue weighted by Gasteiger charge is 2.39. The largest absolute Gasteiger partial charge is 0.311 e. The van der Waals surface area contributed by atoms with Crippen LogP contribution in [0.25, 0.3) is 0 Å². The van der Waals surface area contributed by atoms with Gasteiger partial charge in [0.05, 0.1) is 0 Å². The fourth-order valence-corrected chi connectivity index (χ4v) is 2.24. The van der Waals surface area contributed by atoms with Gasteiger partial charge in [0.2, 0.25) is 0 Å². The van der Waals surface area contributed by atoms with Gasteiger partial charge in [-0.05, 0) is 18.8 Å². The van der Waals surface area contributed by atoms with E-state index in [4.69, 9.17) is 0 Å². The van der Waals surface area contributed by atoms with Crippen LogP contribution in [-0.4, -0.2) is 36.6 Å². The van der Waals surface area contributed by atoms with Gasteiger partial charge in [-0.3, -0.25) is 4.90 Å². The van der Waals surface area contributed by atoms with E-state index in [9.17, 15) is 0 Å². The number of nitrogens with one attached hydrogen (secondary N) is 1. The van der Waals surface area contributed by atoms with E-state index in [-0.39, 0.29) is 0 Å². The van der Waals surface area contributed by atoms with E-state index in [1.807, 2.05) is 0 Å². The molecular formula is C10H20N2. The molecule has 1 saturated heterocycles. The Hall–Kier alpha value is -0.0800. The van der Waals surface area contributed by atoms with Crippen LogP contribution in [-0.2, 0) is 0 Å². The maximum absolute atomic E-state index is 3.55. The summed E-state index contributed by atoms with van der Waals surface area (Å²) in [6, 6.07) is 1.69. The second-order valence-corrected chi connectivity index (χ2v) is 4.33. The van der Waals surface area contributed by atoms with Crippen LogP contribution in [0.3, 0.4) is 0 Å². The Labute approximate surface area is 75.3 Å². The monoisotopic (exact) mass is 168 g/mol. The summed E-state index contributed by atoms with van der Waals surface area (Å²) < 4.78 is 0. The summed E-state index contributed by atoms with van der Waals surface area (Å²) in [7, 11) is 0. The molecule has 3 atom stereocenters. The van der Waals surface area contributed by atoms with Gasteiger partial charge in [0.25, 0.3) is 0 Å². The van der Waals surface area contributed by atoms with Gasteiger partial charge < -0.3 is 5.32 Å². The zero-order valence-corrected chi connectivity index (χ0v) is 8.21. The number of hydrogen-bond donors (Lipinski definition) is 1. The second kappa shape index (κ2) is 3.35. The van der Waals surface area contributed by atoms with Crippen molar-refractivity contribution in [3.05, 3.63) is 0 Å². The van der Waals surface area contributed by atoms with Crippen LogP contribution in [0.1, 0.15) is 26.7 Å². The van der Waals surface area contributed by atoms with Crippen LogP contribution in [0.4, 0.5) is 0 Å². The van der Waals surface area contributed by atoms with Crippen molar-refractivity contribution < 1.29 is 0 Å². The number of piperazine rings is 1. The minimum Gasteiger partial charge on any atom is -0.311 e. The number of rotatable bonds is 2. The molecule has 2 rings (SSSR count). The molecule has 2 aliphatic rings. The lowest BCUT2D eigenvalue weighted by molar-refractivity contribution is 0.182. The van der Waals surface area contributed by atoms with Crippen LogP contribution in [0.2, 0.25) is 0 Å². The highest BCUT2D eigenvalue weighted by atomic mass is 15.2. The molecule has 3 unspecified atom stereocenters. The average molecular weight is 168 g/mol. The van der Waals surface area contributed by atoms with Gasteiger partial charge in [0.1, 0.15) is 0 Å². The molecule has 0 aromatic rings. The summed E-state index contributed by atoms with van der Waals surface area (Å²) in [6.07, 6.45) is 2.72. The Morgan fingerprint density at radius 3 is 2.83 bits per heavy atom. The van der Waals surface area contributed by atoms with Crippen LogP contribution in [0.5, 0.6) is 0 Å². The van der Waals surface area contributed by atoms with E-state index >= 15 is 0 Å². The molecule has 0 aromatic heterocycles. The molecule has 12 heavy (non-hydrogen) atoms. The fourth-order valence-electron chi connectivity index (χ4n) is 2.24. The van der Waals surface area contributed by atoms with E-state index in [1.54, 1.807) is 0 Å². The highest BCUT2D eigenvalue weighted by molar-refractivity contribution is 4.95. The van der Waals surface area contributed by atoms with Crippen molar-refractivity contribution in [1.29, 1.82) is 0 Å². The van der Waals surface area contributed by atoms with E-state index in [1.165, 1.54) is 32.5 Å². The van der Waals surface area contributed by atoms with Crippen molar-refractivity contribution >= 4 is 0 Å². The minimum atomic E-state index is 0.756. The zero-order chi connectivity index (χ0) is 8.55. The number of nitrogens with zero attached hydrogens (tertiary/aromatic N) is 1. The Balaban J connectivity index is 1.82. The molecule has 0 bridgehead atoms. The van der Waals surface area contributed by atoms with Crippen molar-refractivity contribution in [3.63, 3.8) is 0 Å². The van der Waals surface area contributed by atoms with E-state index in [0.29, 0.717) is 0 Å². The Morgan fingerprint density at radius 1 is 1.50 bits per heavy atom. The lowest BCUT2D eigenvalue weighted by Crippen LogP contribution is -2.51. The first-order valence-corrected chi connectivity index (χ1v) is 5.28. The Bertz CT molecular complexity index is 158. The first-order valence-electron chi connectivity index (χ1n) is 5.28. The second-order valence-electron chi connectivity index (χ2n) is 4.33. The molecule has 0 amide bonds. The van der Waals surface area contributed by atoms with Gasteiger partial charge in [-0.15, -0.1) is 0 Å². The van der Waals surface area contributed by atoms with Gasteiger partial charge in [-0.25, -0.2) is 0 Å². The normalized spacial score (nSPS) is 43.0. The molecule has 1 N–H and O–H groups in total. The van der Waals surface area contributed by atoms with Crippen molar-refractivity contribution in [2.75, 3.05) is 19.6 Å². The predicted molar refractivity (Wildman–Crippen MR) is 51.2 cm³/mol. The fraction of sp³-hybridized carbons (Fsp3) is 1.00. The molecular weight excluding hydrogens is 148 g/mol. The standard InChI is InChI=1S/C10H20N2/c1-3-9-7-12(5-4-11-9)10-6-8(10)2/h8-11H,3-7H2,1-2H3. The smallest absolute Gasteiger partial charge is 0.0193 e. The molecule has 2 heteroatoms. The molecule has 1 heterocycles. The maximum Gasteiger partial charge on any atom is 0.0193 e. The summed E-state index contributed by atoms with van der Waals surface area (Å²) in [6.45, 7) is 8.39. The van der Waals surface area contributed by atoms with Crippen LogP contribution < -0.4 is 5.32 Å². The van der Waals surface area contributed by atoms with Gasteiger partial charge in [0.15, 0.2) is 0 Å². The molecule has 0 radical (unpaired) electrons. The summed E-state index contributed by atoms with van der Waals surface area (Å²) in [5.74, 6) is 0.973. The van der Waals surface area contributed by atoms with E-state index in [0.717, 1.165) is 18.0 Å². The first kappa shape index (κ1) is 8.52. The van der Waals surface area contributed by atoms with E-state index < -0.39 is 0 Å². The topological polar surface area (TPSA) is 15.3 Å². The Morgan fingerprint density at radius 2 is 2.25 bits per heavy atom. The molecule has 1 aliphatic carbocycles. The van der Waals surface area contributed by atoms with Crippen LogP contribution >= 0.6 is 0 Å². The third-order valence-electron chi connectivity index (χ3n) is 3.32. The lowest BCUT2D eigenvalue weighted by atomic mass is 10.1. The van der Waals surface area contributed by atoms with Crippen molar-refractivity contribution in [2.45, 2.75) is 38.8 Å². The third kappa shape index (κ3) is 1.64. The van der Waals surface area contributed by atoms with Crippen LogP contribution in [0.15, 0.2) is 0 Å². The Kier molecular flexibility index (Phi) is 2.37. The lowest BCUT2D eigenvalue weighted by Gasteiger charge is -2.33.